The number of aliphatic hydroxyl groups is 1. The number of nitrogens with two attached hydrogens (primary N) is 1. The lowest BCUT2D eigenvalue weighted by Crippen LogP contribution is -2.33. The first-order valence-electron chi connectivity index (χ1n) is 7.08. The topological polar surface area (TPSA) is 158 Å². The van der Waals surface area contributed by atoms with Gasteiger partial charge < -0.3 is 16.2 Å². The maximum Gasteiger partial charge on any atom is 0.242 e. The Bertz CT molecular complexity index is 880. The number of halogens is 1. The summed E-state index contributed by atoms with van der Waals surface area (Å²) < 4.78 is 5.69. The van der Waals surface area contributed by atoms with Crippen molar-refractivity contribution in [2.24, 2.45) is 0 Å². The summed E-state index contributed by atoms with van der Waals surface area (Å²) in [5.74, 6) is -0.288. The molecular weight excluding hydrogens is 352 g/mol. The van der Waals surface area contributed by atoms with Crippen LogP contribution in [0.2, 0.25) is 5.02 Å². The fourth-order valence-electron chi connectivity index (χ4n) is 2.17. The second-order valence-corrected chi connectivity index (χ2v) is 5.45. The van der Waals surface area contributed by atoms with Gasteiger partial charge in [-0.2, -0.15) is 0 Å². The number of hydrogen-bond acceptors (Lipinski definition) is 9. The molecule has 25 heavy (non-hydrogen) atoms. The van der Waals surface area contributed by atoms with Gasteiger partial charge in [0, 0.05) is 5.02 Å². The Morgan fingerprint density at radius 3 is 2.96 bits per heavy atom. The molecule has 1 amide bonds. The number of carbonyl (C=O) groups excluding carboxylic acids is 1. The summed E-state index contributed by atoms with van der Waals surface area (Å²) in [6, 6.07) is 6.21. The van der Waals surface area contributed by atoms with E-state index in [2.05, 4.69) is 35.8 Å². The third-order valence-electron chi connectivity index (χ3n) is 3.32. The number of nitrogens with zero attached hydrogens (tertiary/aromatic N) is 6. The molecule has 11 nitrogen and oxygen atoms in total. The van der Waals surface area contributed by atoms with E-state index in [9.17, 15) is 9.90 Å². The first-order valence-corrected chi connectivity index (χ1v) is 7.46. The molecule has 0 aliphatic rings. The summed E-state index contributed by atoms with van der Waals surface area (Å²) in [5.41, 5.74) is 6.40. The minimum absolute atomic E-state index is 0.00335. The normalized spacial score (nSPS) is 12.1. The number of aliphatic hydroxyl groups excluding tert-OH is 1. The second kappa shape index (κ2) is 7.23. The zero-order chi connectivity index (χ0) is 17.8. The van der Waals surface area contributed by atoms with Crippen molar-refractivity contribution in [3.05, 3.63) is 34.9 Å². The van der Waals surface area contributed by atoms with Crippen molar-refractivity contribution in [2.45, 2.75) is 12.6 Å². The highest BCUT2D eigenvalue weighted by Gasteiger charge is 2.20. The van der Waals surface area contributed by atoms with Gasteiger partial charge in [-0.1, -0.05) is 23.7 Å². The Balaban J connectivity index is 1.73. The maximum atomic E-state index is 12.3. The smallest absolute Gasteiger partial charge is 0.242 e. The lowest BCUT2D eigenvalue weighted by atomic mass is 10.1. The highest BCUT2D eigenvalue weighted by molar-refractivity contribution is 6.30. The van der Waals surface area contributed by atoms with E-state index in [0.29, 0.717) is 10.6 Å². The van der Waals surface area contributed by atoms with Gasteiger partial charge in [-0.15, -0.1) is 5.10 Å². The summed E-state index contributed by atoms with van der Waals surface area (Å²) in [6.45, 7) is -0.513. The zero-order valence-corrected chi connectivity index (χ0v) is 13.5. The number of nitrogen functional groups attached to an aromatic ring is 1. The van der Waals surface area contributed by atoms with Crippen LogP contribution in [-0.2, 0) is 11.3 Å². The van der Waals surface area contributed by atoms with Gasteiger partial charge >= 0.3 is 0 Å². The van der Waals surface area contributed by atoms with Gasteiger partial charge in [0.1, 0.15) is 6.54 Å². The summed E-state index contributed by atoms with van der Waals surface area (Å²) in [5, 5.41) is 30.7. The first kappa shape index (κ1) is 16.8. The number of benzene rings is 1. The number of rotatable bonds is 6. The van der Waals surface area contributed by atoms with Crippen LogP contribution in [0.1, 0.15) is 11.6 Å². The molecular formula is C13H13ClN8O3. The van der Waals surface area contributed by atoms with Crippen LogP contribution in [0, 0.1) is 0 Å². The lowest BCUT2D eigenvalue weighted by Gasteiger charge is -2.17. The Kier molecular flexibility index (Phi) is 4.86. The van der Waals surface area contributed by atoms with E-state index in [1.807, 2.05) is 0 Å². The van der Waals surface area contributed by atoms with E-state index in [-0.39, 0.29) is 30.5 Å². The summed E-state index contributed by atoms with van der Waals surface area (Å²) in [4.78, 5) is 12.3. The van der Waals surface area contributed by atoms with Gasteiger partial charge in [-0.3, -0.25) is 4.79 Å². The van der Waals surface area contributed by atoms with Crippen LogP contribution in [0.4, 0.5) is 5.82 Å². The van der Waals surface area contributed by atoms with Crippen LogP contribution >= 0.6 is 11.6 Å². The molecule has 1 aromatic carbocycles. The van der Waals surface area contributed by atoms with Crippen molar-refractivity contribution >= 4 is 23.3 Å². The average Bonchev–Trinajstić information content (AvgIpc) is 3.21. The monoisotopic (exact) mass is 364 g/mol. The molecule has 2 aromatic heterocycles. The summed E-state index contributed by atoms with van der Waals surface area (Å²) in [6.07, 6.45) is 0. The number of hydrogen-bond donors (Lipinski definition) is 3. The molecule has 4 N–H and O–H groups in total. The maximum absolute atomic E-state index is 12.3. The molecule has 0 aliphatic heterocycles. The molecule has 0 saturated carbocycles. The Hall–Kier alpha value is -3.05. The molecule has 0 spiro atoms. The third-order valence-corrected chi connectivity index (χ3v) is 3.55. The minimum Gasteiger partial charge on any atom is -0.394 e. The van der Waals surface area contributed by atoms with Crippen molar-refractivity contribution < 1.29 is 14.5 Å². The zero-order valence-electron chi connectivity index (χ0n) is 12.7. The quantitative estimate of drug-likeness (QED) is 0.538. The average molecular weight is 365 g/mol. The van der Waals surface area contributed by atoms with E-state index in [4.69, 9.17) is 17.3 Å². The predicted molar refractivity (Wildman–Crippen MR) is 84.9 cm³/mol. The van der Waals surface area contributed by atoms with Crippen molar-refractivity contribution in [3.8, 4) is 11.5 Å². The van der Waals surface area contributed by atoms with Gasteiger partial charge in [0.05, 0.1) is 12.6 Å². The van der Waals surface area contributed by atoms with Crippen molar-refractivity contribution in [1.29, 1.82) is 0 Å². The van der Waals surface area contributed by atoms with Gasteiger partial charge in [-0.25, -0.2) is 9.31 Å². The van der Waals surface area contributed by atoms with E-state index in [0.717, 1.165) is 0 Å². The van der Waals surface area contributed by atoms with Crippen LogP contribution < -0.4 is 11.1 Å². The van der Waals surface area contributed by atoms with Crippen LogP contribution in [-0.4, -0.2) is 48.1 Å². The predicted octanol–water partition coefficient (Wildman–Crippen LogP) is -0.192. The number of carbonyl (C=O) groups is 1. The number of tetrazole rings is 1. The SMILES string of the molecule is Nc1nonc1-c1nnnn1CC(=O)NC(CO)c1cccc(Cl)c1. The molecule has 2 heterocycles. The van der Waals surface area contributed by atoms with E-state index in [1.54, 1.807) is 24.3 Å². The van der Waals surface area contributed by atoms with Crippen LogP contribution in [0.25, 0.3) is 11.5 Å². The molecule has 1 atom stereocenters. The molecule has 3 rings (SSSR count). The molecule has 1 unspecified atom stereocenters. The third kappa shape index (κ3) is 3.72. The van der Waals surface area contributed by atoms with Crippen molar-refractivity contribution in [1.82, 2.24) is 35.8 Å². The summed E-state index contributed by atoms with van der Waals surface area (Å²) >= 11 is 5.93. The minimum atomic E-state index is -0.620. The van der Waals surface area contributed by atoms with Crippen molar-refractivity contribution in [3.63, 3.8) is 0 Å². The highest BCUT2D eigenvalue weighted by atomic mass is 35.5. The Labute approximate surface area is 145 Å². The number of amides is 1. The molecule has 0 saturated heterocycles. The van der Waals surface area contributed by atoms with Gasteiger partial charge in [0.25, 0.3) is 0 Å². The fourth-order valence-corrected chi connectivity index (χ4v) is 2.36. The largest absolute Gasteiger partial charge is 0.394 e. The number of nitrogens with one attached hydrogen (secondary N) is 1. The Morgan fingerprint density at radius 2 is 2.28 bits per heavy atom. The van der Waals surface area contributed by atoms with E-state index >= 15 is 0 Å². The van der Waals surface area contributed by atoms with Crippen molar-refractivity contribution in [2.75, 3.05) is 12.3 Å². The van der Waals surface area contributed by atoms with E-state index in [1.165, 1.54) is 4.68 Å². The van der Waals surface area contributed by atoms with Gasteiger partial charge in [-0.05, 0) is 38.4 Å². The van der Waals surface area contributed by atoms with Gasteiger partial charge in [0.15, 0.2) is 11.5 Å². The molecule has 0 bridgehead atoms. The molecule has 0 aliphatic carbocycles. The molecule has 12 heteroatoms. The molecule has 130 valence electrons. The lowest BCUT2D eigenvalue weighted by molar-refractivity contribution is -0.122. The molecule has 0 fully saturated rings. The fraction of sp³-hybridized carbons (Fsp3) is 0.231. The molecule has 3 aromatic rings. The van der Waals surface area contributed by atoms with Crippen LogP contribution in [0.5, 0.6) is 0 Å². The summed E-state index contributed by atoms with van der Waals surface area (Å²) in [7, 11) is 0. The second-order valence-electron chi connectivity index (χ2n) is 5.02. The first-order chi connectivity index (χ1) is 12.1. The van der Waals surface area contributed by atoms with Crippen LogP contribution in [0.3, 0.4) is 0 Å². The van der Waals surface area contributed by atoms with Crippen LogP contribution in [0.15, 0.2) is 28.9 Å². The highest BCUT2D eigenvalue weighted by Crippen LogP contribution is 2.19. The number of aromatic nitrogens is 6. The standard InChI is InChI=1S/C13H13ClN8O3/c14-8-3-1-2-7(4-8)9(6-23)16-10(24)5-22-13(17-20-21-22)11-12(15)19-25-18-11/h1-4,9,23H,5-6H2,(H2,15,19)(H,16,24). The number of anilines is 1. The van der Waals surface area contributed by atoms with E-state index < -0.39 is 11.9 Å². The molecule has 0 radical (unpaired) electrons. The van der Waals surface area contributed by atoms with Gasteiger partial charge in [0.2, 0.25) is 11.7 Å². The Morgan fingerprint density at radius 1 is 1.44 bits per heavy atom.